The number of Topliss-reactive ketones (excluding diaryl/α,β-unsaturated/α-hetero) is 2. The van der Waals surface area contributed by atoms with Crippen molar-refractivity contribution in [2.24, 2.45) is 23.3 Å². The maximum absolute atomic E-state index is 12.2. The molecule has 0 aromatic heterocycles. The summed E-state index contributed by atoms with van der Waals surface area (Å²) in [7, 11) is 0. The van der Waals surface area contributed by atoms with Gasteiger partial charge < -0.3 is 42.5 Å². The standard InChI is InChI=1S/C27H50N2O4S.C9H16O4S.C6H10O4.C2H8N2/c1-6-19-34-24(20-25(31)22(4)5)15-16-27(33)29-18-10-13-23(30)12-7-8-14-26(32)28-17-9-11-21(2)3;1-2-5-14-7(6-9(12)13)3-4-8(10)11;7-5(8)3-1-2-4-6(9)10;3-1-2-4/h21-22,24H,6-20H2,1-5H3,(H,28,32)(H,29,33);7H,2-6H2,1H3,(H,10,11)(H,12,13);1-4H2,(H,7,8)(H,9,10);1-4H2. The van der Waals surface area contributed by atoms with Crippen molar-refractivity contribution in [3.05, 3.63) is 0 Å². The number of nitrogens with one attached hydrogen (secondary N) is 2. The van der Waals surface area contributed by atoms with Gasteiger partial charge in [0.05, 0.1) is 6.42 Å². The second kappa shape index (κ2) is 47.3. The van der Waals surface area contributed by atoms with Gasteiger partial charge in [-0.2, -0.15) is 23.5 Å². The van der Waals surface area contributed by atoms with Gasteiger partial charge in [0, 0.05) is 94.0 Å². The van der Waals surface area contributed by atoms with Gasteiger partial charge in [-0.1, -0.05) is 41.5 Å². The number of nitrogens with two attached hydrogens (primary N) is 2. The summed E-state index contributed by atoms with van der Waals surface area (Å²) < 4.78 is 0. The van der Waals surface area contributed by atoms with E-state index in [-0.39, 0.29) is 65.5 Å². The van der Waals surface area contributed by atoms with Gasteiger partial charge in [0.25, 0.3) is 0 Å². The smallest absolute Gasteiger partial charge is 0.304 e. The van der Waals surface area contributed by atoms with Crippen LogP contribution in [0.1, 0.15) is 170 Å². The Kier molecular flexibility index (Phi) is 49.9. The molecule has 0 aliphatic carbocycles. The molecule has 0 spiro atoms. The van der Waals surface area contributed by atoms with Gasteiger partial charge in [0.15, 0.2) is 0 Å². The lowest BCUT2D eigenvalue weighted by Gasteiger charge is -2.16. The number of ketones is 2. The molecule has 2 amide bonds. The summed E-state index contributed by atoms with van der Waals surface area (Å²) >= 11 is 3.34. The molecule has 0 radical (unpaired) electrons. The maximum atomic E-state index is 12.2. The van der Waals surface area contributed by atoms with E-state index < -0.39 is 23.9 Å². The quantitative estimate of drug-likeness (QED) is 0.0296. The minimum absolute atomic E-state index is 0.00838. The third kappa shape index (κ3) is 56.8. The number of aliphatic carboxylic acids is 4. The molecule has 0 heterocycles. The van der Waals surface area contributed by atoms with Crippen LogP contribution in [0.5, 0.6) is 0 Å². The molecule has 10 N–H and O–H groups in total. The summed E-state index contributed by atoms with van der Waals surface area (Å²) in [6.45, 7) is 14.8. The van der Waals surface area contributed by atoms with Crippen LogP contribution in [0.25, 0.3) is 0 Å². The maximum Gasteiger partial charge on any atom is 0.304 e. The average Bonchev–Trinajstić information content (AvgIpc) is 3.20. The molecular weight excluding hydrogens is 841 g/mol. The number of carboxylic acid groups (broad SMARTS) is 4. The Labute approximate surface area is 380 Å². The van der Waals surface area contributed by atoms with Crippen LogP contribution in [0.3, 0.4) is 0 Å². The van der Waals surface area contributed by atoms with Gasteiger partial charge in [-0.25, -0.2) is 0 Å². The summed E-state index contributed by atoms with van der Waals surface area (Å²) in [5.74, 6) is -0.367. The van der Waals surface area contributed by atoms with Crippen molar-refractivity contribution in [2.45, 2.75) is 180 Å². The second-order valence-corrected chi connectivity index (χ2v) is 18.4. The summed E-state index contributed by atoms with van der Waals surface area (Å²) in [5.41, 5.74) is 9.81. The molecule has 0 aliphatic rings. The Hall–Kier alpha value is -3.22. The molecule has 0 rings (SSSR count). The van der Waals surface area contributed by atoms with Crippen molar-refractivity contribution < 1.29 is 58.8 Å². The number of thioether (sulfide) groups is 2. The van der Waals surface area contributed by atoms with E-state index in [9.17, 15) is 38.4 Å². The predicted octanol–water partition coefficient (Wildman–Crippen LogP) is 6.93. The van der Waals surface area contributed by atoms with Crippen LogP contribution < -0.4 is 22.1 Å². The van der Waals surface area contributed by atoms with E-state index in [1.165, 1.54) is 0 Å². The van der Waals surface area contributed by atoms with Crippen LogP contribution in [0.15, 0.2) is 0 Å². The van der Waals surface area contributed by atoms with Crippen molar-refractivity contribution >= 4 is 70.8 Å². The van der Waals surface area contributed by atoms with Crippen LogP contribution in [-0.2, 0) is 38.4 Å². The summed E-state index contributed by atoms with van der Waals surface area (Å²) in [6.07, 6.45) is 10.9. The van der Waals surface area contributed by atoms with Crippen LogP contribution in [0.2, 0.25) is 0 Å². The Bertz CT molecular complexity index is 1190. The van der Waals surface area contributed by atoms with Gasteiger partial charge in [-0.3, -0.25) is 38.4 Å². The number of unbranched alkanes of at least 4 members (excludes halogenated alkanes) is 2. The molecule has 364 valence electrons. The number of carboxylic acids is 4. The van der Waals surface area contributed by atoms with Gasteiger partial charge in [0.1, 0.15) is 11.6 Å². The Morgan fingerprint density at radius 3 is 1.35 bits per heavy atom. The molecule has 0 saturated heterocycles. The summed E-state index contributed by atoms with van der Waals surface area (Å²) in [5, 5.41) is 39.3. The van der Waals surface area contributed by atoms with Crippen molar-refractivity contribution in [2.75, 3.05) is 37.7 Å². The highest BCUT2D eigenvalue weighted by Crippen LogP contribution is 2.23. The number of carbonyl (C=O) groups is 8. The van der Waals surface area contributed by atoms with Gasteiger partial charge in [-0.15, -0.1) is 0 Å². The number of amides is 2. The molecule has 0 aliphatic heterocycles. The molecule has 2 unspecified atom stereocenters. The highest BCUT2D eigenvalue weighted by Gasteiger charge is 2.18. The molecular formula is C44H84N4O12S2. The van der Waals surface area contributed by atoms with E-state index in [0.29, 0.717) is 89.8 Å². The zero-order valence-corrected chi connectivity index (χ0v) is 40.4. The molecule has 0 fully saturated rings. The first-order valence-corrected chi connectivity index (χ1v) is 24.4. The predicted molar refractivity (Wildman–Crippen MR) is 251 cm³/mol. The minimum Gasteiger partial charge on any atom is -0.481 e. The fourth-order valence-corrected chi connectivity index (χ4v) is 7.25. The lowest BCUT2D eigenvalue weighted by Crippen LogP contribution is -2.26. The highest BCUT2D eigenvalue weighted by atomic mass is 32.2. The van der Waals surface area contributed by atoms with Crippen molar-refractivity contribution in [3.8, 4) is 0 Å². The number of carbonyl (C=O) groups excluding carboxylic acids is 4. The minimum atomic E-state index is -0.870. The largest absolute Gasteiger partial charge is 0.481 e. The van der Waals surface area contributed by atoms with Crippen LogP contribution >= 0.6 is 23.5 Å². The number of hydrogen-bond donors (Lipinski definition) is 8. The first kappa shape index (κ1) is 65.4. The summed E-state index contributed by atoms with van der Waals surface area (Å²) in [6, 6.07) is 0. The van der Waals surface area contributed by atoms with E-state index >= 15 is 0 Å². The SMILES string of the molecule is CCCSC(CCC(=O)NCCCC(=O)CCCCC(=O)NCCCC(C)C)CC(=O)C(C)C.CCCSC(CCC(=O)O)CC(=O)O.NCCN.O=C(O)CCCCC(=O)O. The first-order chi connectivity index (χ1) is 29.2. The van der Waals surface area contributed by atoms with Gasteiger partial charge in [-0.05, 0) is 88.1 Å². The molecule has 0 saturated carbocycles. The van der Waals surface area contributed by atoms with E-state index in [2.05, 4.69) is 31.4 Å². The third-order valence-corrected chi connectivity index (χ3v) is 11.5. The lowest BCUT2D eigenvalue weighted by molar-refractivity contribution is -0.139. The Balaban J connectivity index is -0.000000486. The monoisotopic (exact) mass is 925 g/mol. The molecule has 0 aromatic carbocycles. The molecule has 62 heavy (non-hydrogen) atoms. The zero-order chi connectivity index (χ0) is 48.1. The van der Waals surface area contributed by atoms with E-state index in [4.69, 9.17) is 31.9 Å². The van der Waals surface area contributed by atoms with E-state index in [1.54, 1.807) is 23.5 Å². The number of rotatable bonds is 36. The van der Waals surface area contributed by atoms with Crippen molar-refractivity contribution in [3.63, 3.8) is 0 Å². The fourth-order valence-electron chi connectivity index (χ4n) is 5.00. The highest BCUT2D eigenvalue weighted by molar-refractivity contribution is 8.00. The molecule has 0 aromatic rings. The van der Waals surface area contributed by atoms with Gasteiger partial charge in [0.2, 0.25) is 11.8 Å². The molecule has 18 heteroatoms. The second-order valence-electron chi connectivity index (χ2n) is 15.5. The normalized spacial score (nSPS) is 11.4. The van der Waals surface area contributed by atoms with Crippen LogP contribution in [-0.4, -0.2) is 116 Å². The Morgan fingerprint density at radius 2 is 0.919 bits per heavy atom. The Morgan fingerprint density at radius 1 is 0.500 bits per heavy atom. The molecule has 0 bridgehead atoms. The topological polar surface area (TPSA) is 294 Å². The fraction of sp³-hybridized carbons (Fsp3) is 0.818. The third-order valence-electron chi connectivity index (χ3n) is 8.51. The van der Waals surface area contributed by atoms with Gasteiger partial charge >= 0.3 is 23.9 Å². The first-order valence-electron chi connectivity index (χ1n) is 22.3. The van der Waals surface area contributed by atoms with E-state index in [0.717, 1.165) is 56.6 Å². The zero-order valence-electron chi connectivity index (χ0n) is 38.7. The average molecular weight is 925 g/mol. The molecule has 2 atom stereocenters. The lowest BCUT2D eigenvalue weighted by atomic mass is 10.0. The van der Waals surface area contributed by atoms with E-state index in [1.807, 2.05) is 20.8 Å². The van der Waals surface area contributed by atoms with Crippen LogP contribution in [0, 0.1) is 11.8 Å². The van der Waals surface area contributed by atoms with Crippen LogP contribution in [0.4, 0.5) is 0 Å². The van der Waals surface area contributed by atoms with Crippen molar-refractivity contribution in [1.82, 2.24) is 10.6 Å². The van der Waals surface area contributed by atoms with Crippen molar-refractivity contribution in [1.29, 1.82) is 0 Å². The number of hydrogen-bond acceptors (Lipinski definition) is 12. The summed E-state index contributed by atoms with van der Waals surface area (Å²) in [4.78, 5) is 88.6. The molecule has 16 nitrogen and oxygen atoms in total.